The third kappa shape index (κ3) is 2.16. The number of ether oxygens (including phenoxy) is 3. The Morgan fingerprint density at radius 1 is 1.17 bits per heavy atom. The van der Waals surface area contributed by atoms with Gasteiger partial charge in [-0.05, 0) is 25.0 Å². The first-order valence-electron chi connectivity index (χ1n) is 5.63. The molecule has 1 aromatic carbocycles. The average molecular weight is 250 g/mol. The molecule has 0 atom stereocenters. The van der Waals surface area contributed by atoms with Crippen LogP contribution in [0.5, 0.6) is 5.75 Å². The Morgan fingerprint density at radius 2 is 1.89 bits per heavy atom. The van der Waals surface area contributed by atoms with E-state index in [4.69, 9.17) is 9.47 Å². The van der Waals surface area contributed by atoms with Gasteiger partial charge in [0.2, 0.25) is 0 Å². The third-order valence-electron chi connectivity index (χ3n) is 2.86. The summed E-state index contributed by atoms with van der Waals surface area (Å²) in [6.07, 6.45) is 1.58. The van der Waals surface area contributed by atoms with Crippen LogP contribution in [0.1, 0.15) is 32.7 Å². The van der Waals surface area contributed by atoms with Gasteiger partial charge in [-0.2, -0.15) is 0 Å². The minimum Gasteiger partial charge on any atom is -0.493 e. The highest BCUT2D eigenvalue weighted by Gasteiger charge is 2.23. The first-order chi connectivity index (χ1) is 8.67. The van der Waals surface area contributed by atoms with E-state index in [0.29, 0.717) is 23.5 Å². The summed E-state index contributed by atoms with van der Waals surface area (Å²) in [5.41, 5.74) is 1.45. The fraction of sp³-hybridized carbons (Fsp3) is 0.385. The Balaban J connectivity index is 2.54. The maximum absolute atomic E-state index is 11.7. The lowest BCUT2D eigenvalue weighted by Crippen LogP contribution is -2.16. The van der Waals surface area contributed by atoms with Crippen LogP contribution in [0.15, 0.2) is 12.1 Å². The summed E-state index contributed by atoms with van der Waals surface area (Å²) in [7, 11) is 2.60. The minimum absolute atomic E-state index is 0.290. The van der Waals surface area contributed by atoms with Crippen LogP contribution in [0.25, 0.3) is 0 Å². The molecule has 0 radical (unpaired) electrons. The molecular formula is C13H14O5. The van der Waals surface area contributed by atoms with E-state index in [1.54, 1.807) is 6.07 Å². The second-order valence-electron chi connectivity index (χ2n) is 3.94. The zero-order valence-corrected chi connectivity index (χ0v) is 10.3. The van der Waals surface area contributed by atoms with Crippen LogP contribution in [0.3, 0.4) is 0 Å². The first-order valence-corrected chi connectivity index (χ1v) is 5.63. The van der Waals surface area contributed by atoms with E-state index in [9.17, 15) is 9.59 Å². The average Bonchev–Trinajstić information content (AvgIpc) is 2.44. The number of carbonyl (C=O) groups excluding carboxylic acids is 2. The standard InChI is InChI=1S/C13H14O5/c1-16-12(14)8-6-10(13(15)17-2)9-4-3-5-18-11(9)7-8/h6-7H,3-5H2,1-2H3. The van der Waals surface area contributed by atoms with Gasteiger partial charge in [0.25, 0.3) is 0 Å². The summed E-state index contributed by atoms with van der Waals surface area (Å²) in [4.78, 5) is 23.3. The van der Waals surface area contributed by atoms with Gasteiger partial charge in [0.1, 0.15) is 5.75 Å². The predicted octanol–water partition coefficient (Wildman–Crippen LogP) is 1.58. The quantitative estimate of drug-likeness (QED) is 0.746. The van der Waals surface area contributed by atoms with Crippen LogP contribution in [-0.2, 0) is 15.9 Å². The van der Waals surface area contributed by atoms with E-state index < -0.39 is 11.9 Å². The van der Waals surface area contributed by atoms with Gasteiger partial charge in [-0.15, -0.1) is 0 Å². The Hall–Kier alpha value is -2.04. The Labute approximate surface area is 105 Å². The lowest BCUT2D eigenvalue weighted by Gasteiger charge is -2.20. The molecule has 5 nitrogen and oxygen atoms in total. The number of carbonyl (C=O) groups is 2. The maximum atomic E-state index is 11.7. The molecule has 0 aliphatic carbocycles. The number of benzene rings is 1. The molecule has 1 aliphatic rings. The molecule has 0 unspecified atom stereocenters. The summed E-state index contributed by atoms with van der Waals surface area (Å²) in [6.45, 7) is 0.582. The normalized spacial score (nSPS) is 13.2. The molecule has 1 aromatic rings. The van der Waals surface area contributed by atoms with Crippen molar-refractivity contribution in [3.63, 3.8) is 0 Å². The molecule has 0 spiro atoms. The largest absolute Gasteiger partial charge is 0.493 e. The molecule has 5 heteroatoms. The molecular weight excluding hydrogens is 236 g/mol. The lowest BCUT2D eigenvalue weighted by atomic mass is 9.97. The summed E-state index contributed by atoms with van der Waals surface area (Å²) >= 11 is 0. The molecule has 0 amide bonds. The molecule has 0 aromatic heterocycles. The second-order valence-corrected chi connectivity index (χ2v) is 3.94. The second kappa shape index (κ2) is 5.08. The van der Waals surface area contributed by atoms with Gasteiger partial charge in [0.15, 0.2) is 0 Å². The van der Waals surface area contributed by atoms with E-state index in [0.717, 1.165) is 18.4 Å². The van der Waals surface area contributed by atoms with Crippen molar-refractivity contribution in [2.75, 3.05) is 20.8 Å². The van der Waals surface area contributed by atoms with Crippen LogP contribution in [0.2, 0.25) is 0 Å². The zero-order chi connectivity index (χ0) is 13.1. The topological polar surface area (TPSA) is 61.8 Å². The van der Waals surface area contributed by atoms with Crippen LogP contribution in [0, 0.1) is 0 Å². The number of rotatable bonds is 2. The Bertz CT molecular complexity index is 492. The summed E-state index contributed by atoms with van der Waals surface area (Å²) < 4.78 is 14.9. The highest BCUT2D eigenvalue weighted by Crippen LogP contribution is 2.30. The minimum atomic E-state index is -0.503. The Morgan fingerprint density at radius 3 is 2.56 bits per heavy atom. The van der Waals surface area contributed by atoms with Crippen molar-refractivity contribution in [1.29, 1.82) is 0 Å². The van der Waals surface area contributed by atoms with Gasteiger partial charge in [-0.25, -0.2) is 9.59 Å². The van der Waals surface area contributed by atoms with Gasteiger partial charge in [0, 0.05) is 5.56 Å². The van der Waals surface area contributed by atoms with Crippen molar-refractivity contribution >= 4 is 11.9 Å². The van der Waals surface area contributed by atoms with Crippen LogP contribution < -0.4 is 4.74 Å². The molecule has 0 bridgehead atoms. The highest BCUT2D eigenvalue weighted by molar-refractivity contribution is 5.97. The zero-order valence-electron chi connectivity index (χ0n) is 10.3. The number of esters is 2. The van der Waals surface area contributed by atoms with E-state index in [1.165, 1.54) is 20.3 Å². The summed E-state index contributed by atoms with van der Waals surface area (Å²) in [5, 5.41) is 0. The van der Waals surface area contributed by atoms with Crippen molar-refractivity contribution in [2.24, 2.45) is 0 Å². The van der Waals surface area contributed by atoms with Crippen molar-refractivity contribution in [2.45, 2.75) is 12.8 Å². The number of methoxy groups -OCH3 is 2. The lowest BCUT2D eigenvalue weighted by molar-refractivity contribution is 0.0596. The van der Waals surface area contributed by atoms with Crippen LogP contribution in [-0.4, -0.2) is 32.8 Å². The van der Waals surface area contributed by atoms with Gasteiger partial charge in [0.05, 0.1) is 32.0 Å². The van der Waals surface area contributed by atoms with E-state index >= 15 is 0 Å². The van der Waals surface area contributed by atoms with Gasteiger partial charge >= 0.3 is 11.9 Å². The van der Waals surface area contributed by atoms with Crippen molar-refractivity contribution in [3.8, 4) is 5.75 Å². The molecule has 1 heterocycles. The SMILES string of the molecule is COC(=O)c1cc2c(c(C(=O)OC)c1)CCCO2. The number of hydrogen-bond donors (Lipinski definition) is 0. The predicted molar refractivity (Wildman–Crippen MR) is 62.9 cm³/mol. The monoisotopic (exact) mass is 250 g/mol. The molecule has 0 saturated carbocycles. The Kier molecular flexibility index (Phi) is 3.50. The number of hydrogen-bond acceptors (Lipinski definition) is 5. The fourth-order valence-corrected chi connectivity index (χ4v) is 1.99. The first kappa shape index (κ1) is 12.4. The third-order valence-corrected chi connectivity index (χ3v) is 2.86. The maximum Gasteiger partial charge on any atom is 0.338 e. The summed E-state index contributed by atoms with van der Waals surface area (Å²) in [6, 6.07) is 3.10. The number of fused-ring (bicyclic) bond motifs is 1. The van der Waals surface area contributed by atoms with Gasteiger partial charge < -0.3 is 14.2 Å². The van der Waals surface area contributed by atoms with Gasteiger partial charge in [-0.1, -0.05) is 0 Å². The molecule has 0 N–H and O–H groups in total. The van der Waals surface area contributed by atoms with Crippen molar-refractivity contribution in [3.05, 3.63) is 28.8 Å². The molecule has 0 fully saturated rings. The van der Waals surface area contributed by atoms with Gasteiger partial charge in [-0.3, -0.25) is 0 Å². The molecule has 2 rings (SSSR count). The van der Waals surface area contributed by atoms with E-state index in [-0.39, 0.29) is 0 Å². The van der Waals surface area contributed by atoms with Crippen LogP contribution in [0.4, 0.5) is 0 Å². The highest BCUT2D eigenvalue weighted by atomic mass is 16.5. The smallest absolute Gasteiger partial charge is 0.338 e. The summed E-state index contributed by atoms with van der Waals surface area (Å²) in [5.74, 6) is -0.413. The van der Waals surface area contributed by atoms with E-state index in [2.05, 4.69) is 4.74 Å². The molecule has 1 aliphatic heterocycles. The van der Waals surface area contributed by atoms with E-state index in [1.807, 2.05) is 0 Å². The fourth-order valence-electron chi connectivity index (χ4n) is 1.99. The van der Waals surface area contributed by atoms with Crippen molar-refractivity contribution < 1.29 is 23.8 Å². The molecule has 18 heavy (non-hydrogen) atoms. The van der Waals surface area contributed by atoms with Crippen LogP contribution >= 0.6 is 0 Å². The molecule has 96 valence electrons. The molecule has 0 saturated heterocycles. The van der Waals surface area contributed by atoms with Crippen molar-refractivity contribution in [1.82, 2.24) is 0 Å².